The lowest BCUT2D eigenvalue weighted by molar-refractivity contribution is -0.145. The molecular weight excluding hydrogens is 274 g/mol. The summed E-state index contributed by atoms with van der Waals surface area (Å²) in [4.78, 5) is 11.8. The molecule has 0 spiro atoms. The summed E-state index contributed by atoms with van der Waals surface area (Å²) in [6, 6.07) is -0.171. The van der Waals surface area contributed by atoms with E-state index >= 15 is 0 Å². The fraction of sp³-hybridized carbons (Fsp3) is 0.947. The molecule has 0 amide bonds. The Morgan fingerprint density at radius 2 is 1.32 bits per heavy atom. The van der Waals surface area contributed by atoms with E-state index in [0.717, 1.165) is 19.4 Å². The molecule has 0 fully saturated rings. The number of carbonyl (C=O) groups is 1. The first kappa shape index (κ1) is 21.4. The molecule has 0 aliphatic heterocycles. The van der Waals surface area contributed by atoms with Crippen LogP contribution in [-0.2, 0) is 9.53 Å². The molecule has 0 saturated carbocycles. The highest BCUT2D eigenvalue weighted by atomic mass is 16.5. The van der Waals surface area contributed by atoms with Gasteiger partial charge in [0.05, 0.1) is 6.61 Å². The molecule has 0 unspecified atom stereocenters. The zero-order valence-electron chi connectivity index (χ0n) is 15.3. The molecule has 0 aromatic heterocycles. The van der Waals surface area contributed by atoms with Gasteiger partial charge in [0.25, 0.3) is 0 Å². The molecular formula is C19H39NO2. The van der Waals surface area contributed by atoms with Crippen LogP contribution in [0.3, 0.4) is 0 Å². The second-order valence-corrected chi connectivity index (χ2v) is 6.38. The predicted octanol–water partition coefficient (Wildman–Crippen LogP) is 5.23. The maximum Gasteiger partial charge on any atom is 0.322 e. The Kier molecular flexibility index (Phi) is 16.4. The highest BCUT2D eigenvalue weighted by molar-refractivity contribution is 5.75. The zero-order valence-corrected chi connectivity index (χ0v) is 15.3. The molecule has 0 radical (unpaired) electrons. The van der Waals surface area contributed by atoms with Gasteiger partial charge in [0.1, 0.15) is 6.04 Å². The van der Waals surface area contributed by atoms with Gasteiger partial charge in [-0.05, 0) is 26.3 Å². The Morgan fingerprint density at radius 1 is 0.818 bits per heavy atom. The van der Waals surface area contributed by atoms with Crippen molar-refractivity contribution in [2.24, 2.45) is 0 Å². The van der Waals surface area contributed by atoms with E-state index in [-0.39, 0.29) is 12.0 Å². The lowest BCUT2D eigenvalue weighted by Crippen LogP contribution is -2.36. The summed E-state index contributed by atoms with van der Waals surface area (Å²) in [6.45, 7) is 7.86. The largest absolute Gasteiger partial charge is 0.465 e. The monoisotopic (exact) mass is 313 g/mol. The van der Waals surface area contributed by atoms with Crippen LogP contribution in [0.2, 0.25) is 0 Å². The Bertz CT molecular complexity index is 244. The van der Waals surface area contributed by atoms with Gasteiger partial charge in [-0.1, -0.05) is 78.1 Å². The molecule has 1 atom stereocenters. The Hall–Kier alpha value is -0.570. The van der Waals surface area contributed by atoms with Gasteiger partial charge in [0.15, 0.2) is 0 Å². The van der Waals surface area contributed by atoms with Crippen molar-refractivity contribution in [1.82, 2.24) is 5.32 Å². The molecule has 0 aliphatic carbocycles. The lowest BCUT2D eigenvalue weighted by Gasteiger charge is -2.13. The van der Waals surface area contributed by atoms with Gasteiger partial charge in [0.2, 0.25) is 0 Å². The summed E-state index contributed by atoms with van der Waals surface area (Å²) in [5, 5.41) is 3.27. The number of esters is 1. The summed E-state index contributed by atoms with van der Waals surface area (Å²) >= 11 is 0. The van der Waals surface area contributed by atoms with Crippen molar-refractivity contribution in [3.63, 3.8) is 0 Å². The first-order valence-corrected chi connectivity index (χ1v) is 9.62. The summed E-state index contributed by atoms with van der Waals surface area (Å²) in [5.41, 5.74) is 0. The second-order valence-electron chi connectivity index (χ2n) is 6.38. The molecule has 0 bridgehead atoms. The topological polar surface area (TPSA) is 38.3 Å². The van der Waals surface area contributed by atoms with Crippen LogP contribution in [0, 0.1) is 0 Å². The fourth-order valence-corrected chi connectivity index (χ4v) is 2.49. The van der Waals surface area contributed by atoms with Crippen molar-refractivity contribution in [3.8, 4) is 0 Å². The van der Waals surface area contributed by atoms with E-state index in [1.807, 2.05) is 6.92 Å². The van der Waals surface area contributed by atoms with Crippen LogP contribution in [0.15, 0.2) is 0 Å². The smallest absolute Gasteiger partial charge is 0.322 e. The summed E-state index contributed by atoms with van der Waals surface area (Å²) in [6.07, 6.45) is 15.0. The van der Waals surface area contributed by atoms with Crippen LogP contribution < -0.4 is 5.32 Å². The predicted molar refractivity (Wildman–Crippen MR) is 95.2 cm³/mol. The van der Waals surface area contributed by atoms with Crippen LogP contribution in [0.5, 0.6) is 0 Å². The van der Waals surface area contributed by atoms with Crippen LogP contribution >= 0.6 is 0 Å². The Balaban J connectivity index is 3.36. The third-order valence-corrected chi connectivity index (χ3v) is 4.08. The lowest BCUT2D eigenvalue weighted by atomic mass is 10.1. The van der Waals surface area contributed by atoms with Gasteiger partial charge >= 0.3 is 5.97 Å². The standard InChI is InChI=1S/C19H39NO2/c1-4-6-8-10-12-14-16-20-18(3)19(21)22-17-15-13-11-9-7-5-2/h18,20H,4-17H2,1-3H3/t18-/m0/s1. The van der Waals surface area contributed by atoms with Gasteiger partial charge in [-0.25, -0.2) is 0 Å². The molecule has 3 heteroatoms. The SMILES string of the molecule is CCCCCCCCN[C@@H](C)C(=O)OCCCCCCCC. The molecule has 0 heterocycles. The van der Waals surface area contributed by atoms with E-state index in [1.165, 1.54) is 64.2 Å². The van der Waals surface area contributed by atoms with Crippen LogP contribution in [-0.4, -0.2) is 25.2 Å². The van der Waals surface area contributed by atoms with Crippen molar-refractivity contribution in [2.75, 3.05) is 13.2 Å². The van der Waals surface area contributed by atoms with Crippen molar-refractivity contribution in [2.45, 2.75) is 104 Å². The summed E-state index contributed by atoms with van der Waals surface area (Å²) in [7, 11) is 0. The van der Waals surface area contributed by atoms with E-state index in [9.17, 15) is 4.79 Å². The molecule has 0 rings (SSSR count). The number of carbonyl (C=O) groups excluding carboxylic acids is 1. The Labute approximate surface area is 138 Å². The number of hydrogen-bond donors (Lipinski definition) is 1. The minimum Gasteiger partial charge on any atom is -0.465 e. The van der Waals surface area contributed by atoms with Crippen molar-refractivity contribution in [3.05, 3.63) is 0 Å². The zero-order chi connectivity index (χ0) is 16.5. The maximum atomic E-state index is 11.8. The normalized spacial score (nSPS) is 12.3. The first-order chi connectivity index (χ1) is 10.7. The molecule has 0 aromatic carbocycles. The summed E-state index contributed by atoms with van der Waals surface area (Å²) < 4.78 is 5.32. The van der Waals surface area contributed by atoms with Gasteiger partial charge < -0.3 is 10.1 Å². The van der Waals surface area contributed by atoms with Gasteiger partial charge in [-0.2, -0.15) is 0 Å². The van der Waals surface area contributed by atoms with Crippen molar-refractivity contribution >= 4 is 5.97 Å². The molecule has 0 aromatic rings. The number of unbranched alkanes of at least 4 members (excludes halogenated alkanes) is 10. The molecule has 0 aliphatic rings. The van der Waals surface area contributed by atoms with Gasteiger partial charge in [-0.15, -0.1) is 0 Å². The first-order valence-electron chi connectivity index (χ1n) is 9.62. The van der Waals surface area contributed by atoms with E-state index < -0.39 is 0 Å². The Morgan fingerprint density at radius 3 is 1.91 bits per heavy atom. The molecule has 1 N–H and O–H groups in total. The fourth-order valence-electron chi connectivity index (χ4n) is 2.49. The molecule has 3 nitrogen and oxygen atoms in total. The van der Waals surface area contributed by atoms with E-state index in [0.29, 0.717) is 6.61 Å². The quantitative estimate of drug-likeness (QED) is 0.313. The second kappa shape index (κ2) is 16.8. The number of hydrogen-bond acceptors (Lipinski definition) is 3. The highest BCUT2D eigenvalue weighted by Gasteiger charge is 2.12. The van der Waals surface area contributed by atoms with Crippen molar-refractivity contribution < 1.29 is 9.53 Å². The average Bonchev–Trinajstić information content (AvgIpc) is 2.52. The number of nitrogens with one attached hydrogen (secondary N) is 1. The highest BCUT2D eigenvalue weighted by Crippen LogP contribution is 2.06. The molecule has 0 saturated heterocycles. The number of ether oxygens (including phenoxy) is 1. The average molecular weight is 314 g/mol. The molecule has 22 heavy (non-hydrogen) atoms. The third-order valence-electron chi connectivity index (χ3n) is 4.08. The minimum absolute atomic E-state index is 0.0976. The minimum atomic E-state index is -0.171. The van der Waals surface area contributed by atoms with Crippen LogP contribution in [0.4, 0.5) is 0 Å². The van der Waals surface area contributed by atoms with Crippen LogP contribution in [0.25, 0.3) is 0 Å². The van der Waals surface area contributed by atoms with Crippen LogP contribution in [0.1, 0.15) is 97.8 Å². The molecule has 132 valence electrons. The van der Waals surface area contributed by atoms with E-state index in [2.05, 4.69) is 19.2 Å². The van der Waals surface area contributed by atoms with Crippen molar-refractivity contribution in [1.29, 1.82) is 0 Å². The maximum absolute atomic E-state index is 11.8. The van der Waals surface area contributed by atoms with Gasteiger partial charge in [0, 0.05) is 0 Å². The summed E-state index contributed by atoms with van der Waals surface area (Å²) in [5.74, 6) is -0.0976. The van der Waals surface area contributed by atoms with Gasteiger partial charge in [-0.3, -0.25) is 4.79 Å². The number of rotatable bonds is 16. The van der Waals surface area contributed by atoms with E-state index in [1.54, 1.807) is 0 Å². The third kappa shape index (κ3) is 14.4. The van der Waals surface area contributed by atoms with E-state index in [4.69, 9.17) is 4.74 Å².